The highest BCUT2D eigenvalue weighted by atomic mass is 16.3. The minimum atomic E-state index is -0.167. The van der Waals surface area contributed by atoms with Crippen LogP contribution in [0.15, 0.2) is 30.3 Å². The standard InChI is InChI=1S/C18H25NO2/c20-17-9-5-4-8-16(17)19-12-10-15(11-13-19)18(21)14-6-2-1-3-7-14/h1-3,6-7,15-17,20H,4-5,8-13H2. The van der Waals surface area contributed by atoms with Gasteiger partial charge in [0.2, 0.25) is 0 Å². The number of carbonyl (C=O) groups is 1. The molecule has 3 heteroatoms. The number of likely N-dealkylation sites (tertiary alicyclic amines) is 1. The average Bonchev–Trinajstić information content (AvgIpc) is 2.56. The highest BCUT2D eigenvalue weighted by Gasteiger charge is 2.33. The van der Waals surface area contributed by atoms with E-state index in [4.69, 9.17) is 0 Å². The normalized spacial score (nSPS) is 28.4. The third-order valence-corrected chi connectivity index (χ3v) is 5.12. The third-order valence-electron chi connectivity index (χ3n) is 5.12. The van der Waals surface area contributed by atoms with Crippen molar-refractivity contribution in [3.8, 4) is 0 Å². The van der Waals surface area contributed by atoms with Crippen molar-refractivity contribution in [2.75, 3.05) is 13.1 Å². The largest absolute Gasteiger partial charge is 0.391 e. The van der Waals surface area contributed by atoms with Crippen LogP contribution in [0.4, 0.5) is 0 Å². The molecule has 0 radical (unpaired) electrons. The number of Topliss-reactive ketones (excluding diaryl/α,β-unsaturated/α-hetero) is 1. The zero-order chi connectivity index (χ0) is 14.7. The Hall–Kier alpha value is -1.19. The number of rotatable bonds is 3. The Morgan fingerprint density at radius 3 is 2.33 bits per heavy atom. The Kier molecular flexibility index (Phi) is 4.71. The Morgan fingerprint density at radius 1 is 1.00 bits per heavy atom. The van der Waals surface area contributed by atoms with Crippen molar-refractivity contribution in [3.63, 3.8) is 0 Å². The maximum Gasteiger partial charge on any atom is 0.166 e. The quantitative estimate of drug-likeness (QED) is 0.869. The molecule has 114 valence electrons. The average molecular weight is 287 g/mol. The van der Waals surface area contributed by atoms with Crippen LogP contribution in [-0.2, 0) is 0 Å². The predicted octanol–water partition coefficient (Wildman–Crippen LogP) is 2.88. The molecule has 2 atom stereocenters. The van der Waals surface area contributed by atoms with Crippen molar-refractivity contribution in [2.24, 2.45) is 5.92 Å². The molecule has 0 spiro atoms. The highest BCUT2D eigenvalue weighted by Crippen LogP contribution is 2.28. The fourth-order valence-corrected chi connectivity index (χ4v) is 3.85. The number of ketones is 1. The van der Waals surface area contributed by atoms with Crippen LogP contribution >= 0.6 is 0 Å². The topological polar surface area (TPSA) is 40.5 Å². The minimum Gasteiger partial charge on any atom is -0.391 e. The van der Waals surface area contributed by atoms with E-state index in [-0.39, 0.29) is 12.0 Å². The van der Waals surface area contributed by atoms with E-state index in [0.29, 0.717) is 11.8 Å². The molecule has 21 heavy (non-hydrogen) atoms. The van der Waals surface area contributed by atoms with Gasteiger partial charge >= 0.3 is 0 Å². The van der Waals surface area contributed by atoms with Crippen LogP contribution in [0.2, 0.25) is 0 Å². The van der Waals surface area contributed by atoms with Gasteiger partial charge in [0.15, 0.2) is 5.78 Å². The van der Waals surface area contributed by atoms with Gasteiger partial charge in [-0.3, -0.25) is 9.69 Å². The summed E-state index contributed by atoms with van der Waals surface area (Å²) >= 11 is 0. The van der Waals surface area contributed by atoms with Crippen molar-refractivity contribution < 1.29 is 9.90 Å². The molecule has 2 fully saturated rings. The fraction of sp³-hybridized carbons (Fsp3) is 0.611. The summed E-state index contributed by atoms with van der Waals surface area (Å²) in [6, 6.07) is 9.97. The number of aliphatic hydroxyl groups is 1. The fourth-order valence-electron chi connectivity index (χ4n) is 3.85. The van der Waals surface area contributed by atoms with Crippen LogP contribution in [0, 0.1) is 5.92 Å². The van der Waals surface area contributed by atoms with Gasteiger partial charge in [0, 0.05) is 17.5 Å². The van der Waals surface area contributed by atoms with E-state index in [9.17, 15) is 9.90 Å². The second kappa shape index (κ2) is 6.71. The molecule has 1 saturated heterocycles. The molecule has 1 aliphatic carbocycles. The van der Waals surface area contributed by atoms with Crippen molar-refractivity contribution >= 4 is 5.78 Å². The summed E-state index contributed by atoms with van der Waals surface area (Å²) in [7, 11) is 0. The molecule has 1 aliphatic heterocycles. The molecule has 1 N–H and O–H groups in total. The molecule has 1 aromatic carbocycles. The number of piperidine rings is 1. The number of carbonyl (C=O) groups excluding carboxylic acids is 1. The van der Waals surface area contributed by atoms with Crippen molar-refractivity contribution in [3.05, 3.63) is 35.9 Å². The Labute approximate surface area is 127 Å². The first kappa shape index (κ1) is 14.7. The molecule has 1 saturated carbocycles. The molecule has 0 aromatic heterocycles. The van der Waals surface area contributed by atoms with Gasteiger partial charge in [-0.25, -0.2) is 0 Å². The Morgan fingerprint density at radius 2 is 1.67 bits per heavy atom. The van der Waals surface area contributed by atoms with E-state index < -0.39 is 0 Å². The van der Waals surface area contributed by atoms with E-state index in [1.54, 1.807) is 0 Å². The lowest BCUT2D eigenvalue weighted by Crippen LogP contribution is -2.49. The first-order valence-electron chi connectivity index (χ1n) is 8.27. The van der Waals surface area contributed by atoms with Crippen molar-refractivity contribution in [2.45, 2.75) is 50.7 Å². The van der Waals surface area contributed by atoms with Crippen LogP contribution in [0.3, 0.4) is 0 Å². The molecule has 0 bridgehead atoms. The lowest BCUT2D eigenvalue weighted by molar-refractivity contribution is 0.00500. The first-order valence-corrected chi connectivity index (χ1v) is 8.27. The molecular weight excluding hydrogens is 262 g/mol. The molecular formula is C18H25NO2. The van der Waals surface area contributed by atoms with Gasteiger partial charge in [0.1, 0.15) is 0 Å². The molecule has 3 rings (SSSR count). The lowest BCUT2D eigenvalue weighted by Gasteiger charge is -2.41. The van der Waals surface area contributed by atoms with Crippen LogP contribution in [0.25, 0.3) is 0 Å². The summed E-state index contributed by atoms with van der Waals surface area (Å²) in [6.07, 6.45) is 6.12. The number of nitrogens with zero attached hydrogens (tertiary/aromatic N) is 1. The molecule has 1 heterocycles. The van der Waals surface area contributed by atoms with Crippen molar-refractivity contribution in [1.82, 2.24) is 4.90 Å². The van der Waals surface area contributed by atoms with Gasteiger partial charge in [0.05, 0.1) is 6.10 Å². The van der Waals surface area contributed by atoms with E-state index in [2.05, 4.69) is 4.90 Å². The smallest absolute Gasteiger partial charge is 0.166 e. The molecule has 1 aromatic rings. The van der Waals surface area contributed by atoms with E-state index >= 15 is 0 Å². The van der Waals surface area contributed by atoms with Gasteiger partial charge < -0.3 is 5.11 Å². The van der Waals surface area contributed by atoms with Crippen LogP contribution in [0.1, 0.15) is 48.9 Å². The van der Waals surface area contributed by atoms with Gasteiger partial charge in [-0.2, -0.15) is 0 Å². The second-order valence-electron chi connectivity index (χ2n) is 6.46. The van der Waals surface area contributed by atoms with E-state index in [1.807, 2.05) is 30.3 Å². The zero-order valence-electron chi connectivity index (χ0n) is 12.6. The van der Waals surface area contributed by atoms with Crippen LogP contribution < -0.4 is 0 Å². The maximum atomic E-state index is 12.5. The number of hydrogen-bond donors (Lipinski definition) is 1. The first-order chi connectivity index (χ1) is 10.3. The number of hydrogen-bond acceptors (Lipinski definition) is 3. The Balaban J connectivity index is 1.56. The van der Waals surface area contributed by atoms with Gasteiger partial charge in [-0.15, -0.1) is 0 Å². The Bertz CT molecular complexity index is 465. The minimum absolute atomic E-state index is 0.157. The summed E-state index contributed by atoms with van der Waals surface area (Å²) in [5, 5.41) is 10.2. The third kappa shape index (κ3) is 3.35. The molecule has 0 amide bonds. The van der Waals surface area contributed by atoms with E-state index in [1.165, 1.54) is 6.42 Å². The SMILES string of the molecule is O=C(c1ccccc1)C1CCN(C2CCCCC2O)CC1. The van der Waals surface area contributed by atoms with Gasteiger partial charge in [-0.1, -0.05) is 43.2 Å². The molecule has 2 unspecified atom stereocenters. The highest BCUT2D eigenvalue weighted by molar-refractivity contribution is 5.97. The number of benzene rings is 1. The lowest BCUT2D eigenvalue weighted by atomic mass is 9.85. The zero-order valence-corrected chi connectivity index (χ0v) is 12.6. The van der Waals surface area contributed by atoms with E-state index in [0.717, 1.165) is 50.8 Å². The monoisotopic (exact) mass is 287 g/mol. The number of aliphatic hydroxyl groups excluding tert-OH is 1. The summed E-state index contributed by atoms with van der Waals surface area (Å²) in [6.45, 7) is 1.90. The molecule has 2 aliphatic rings. The second-order valence-corrected chi connectivity index (χ2v) is 6.46. The van der Waals surface area contributed by atoms with Crippen LogP contribution in [0.5, 0.6) is 0 Å². The van der Waals surface area contributed by atoms with Gasteiger partial charge in [-0.05, 0) is 38.8 Å². The summed E-state index contributed by atoms with van der Waals surface area (Å²) < 4.78 is 0. The predicted molar refractivity (Wildman–Crippen MR) is 83.3 cm³/mol. The maximum absolute atomic E-state index is 12.5. The van der Waals surface area contributed by atoms with Gasteiger partial charge in [0.25, 0.3) is 0 Å². The summed E-state index contributed by atoms with van der Waals surface area (Å²) in [4.78, 5) is 14.9. The van der Waals surface area contributed by atoms with Crippen LogP contribution in [-0.4, -0.2) is 41.0 Å². The molecule has 3 nitrogen and oxygen atoms in total. The summed E-state index contributed by atoms with van der Waals surface area (Å²) in [5.74, 6) is 0.448. The summed E-state index contributed by atoms with van der Waals surface area (Å²) in [5.41, 5.74) is 0.841. The van der Waals surface area contributed by atoms with Crippen molar-refractivity contribution in [1.29, 1.82) is 0 Å².